The Labute approximate surface area is 194 Å². The van der Waals surface area contributed by atoms with Gasteiger partial charge in [0.1, 0.15) is 6.07 Å². The van der Waals surface area contributed by atoms with E-state index in [4.69, 9.17) is 4.98 Å². The third-order valence-electron chi connectivity index (χ3n) is 6.21. The average Bonchev–Trinajstić information content (AvgIpc) is 3.26. The Bertz CT molecular complexity index is 1450. The molecule has 1 fully saturated rings. The molecule has 1 atom stereocenters. The van der Waals surface area contributed by atoms with Gasteiger partial charge in [-0.15, -0.1) is 0 Å². The van der Waals surface area contributed by atoms with Gasteiger partial charge in [0.05, 0.1) is 32.7 Å². The monoisotopic (exact) mass is 455 g/mol. The fourth-order valence-electron chi connectivity index (χ4n) is 4.50. The molecule has 0 spiro atoms. The summed E-state index contributed by atoms with van der Waals surface area (Å²) in [6.07, 6.45) is 9.23. The van der Waals surface area contributed by atoms with Gasteiger partial charge in [0.25, 0.3) is 0 Å². The largest absolute Gasteiger partial charge is 0.351 e. The second-order valence-corrected chi connectivity index (χ2v) is 10.5. The summed E-state index contributed by atoms with van der Waals surface area (Å²) in [5.74, 6) is 4.61. The van der Waals surface area contributed by atoms with E-state index in [9.17, 15) is 9.47 Å². The second-order valence-electron chi connectivity index (χ2n) is 8.39. The summed E-state index contributed by atoms with van der Waals surface area (Å²) in [6.45, 7) is 0. The first-order valence-electron chi connectivity index (χ1n) is 11.1. The van der Waals surface area contributed by atoms with Crippen LogP contribution in [0.1, 0.15) is 37.7 Å². The highest BCUT2D eigenvalue weighted by Crippen LogP contribution is 2.34. The quantitative estimate of drug-likeness (QED) is 0.415. The Hall–Kier alpha value is -3.63. The number of hydrogen-bond donors (Lipinski definition) is 1. The van der Waals surface area contributed by atoms with Gasteiger partial charge in [-0.2, -0.15) is 5.26 Å². The van der Waals surface area contributed by atoms with Crippen molar-refractivity contribution in [2.24, 2.45) is 0 Å². The fraction of sp³-hybridized carbons (Fsp3) is 0.231. The molecule has 0 amide bonds. The van der Waals surface area contributed by atoms with E-state index < -0.39 is 9.71 Å². The van der Waals surface area contributed by atoms with E-state index in [2.05, 4.69) is 22.2 Å². The van der Waals surface area contributed by atoms with E-state index in [1.165, 1.54) is 19.3 Å². The molecule has 0 saturated heterocycles. The minimum atomic E-state index is -2.83. The maximum absolute atomic E-state index is 13.9. The summed E-state index contributed by atoms with van der Waals surface area (Å²) >= 11 is 0. The Balaban J connectivity index is 1.65. The number of nitrogens with zero attached hydrogens (tertiary/aromatic N) is 4. The van der Waals surface area contributed by atoms with Crippen molar-refractivity contribution in [3.63, 3.8) is 0 Å². The molecule has 0 bridgehead atoms. The van der Waals surface area contributed by atoms with Crippen molar-refractivity contribution in [1.82, 2.24) is 13.9 Å². The normalized spacial score (nSPS) is 16.2. The molecule has 5 rings (SSSR count). The van der Waals surface area contributed by atoms with Crippen LogP contribution < -0.4 is 5.32 Å². The molecule has 6 nitrogen and oxygen atoms in total. The van der Waals surface area contributed by atoms with Crippen LogP contribution in [0.3, 0.4) is 0 Å². The fourth-order valence-corrected chi connectivity index (χ4v) is 6.06. The number of nitriles is 1. The first-order chi connectivity index (χ1) is 16.1. The Morgan fingerprint density at radius 3 is 2.55 bits per heavy atom. The standard InChI is InChI=1S/C26H25N5OS/c1-33(32,21-12-6-3-7-13-21)31-18-23(22-14-8-9-15-24(22)31)25-19(16-27)17-28-26(30-25)29-20-10-4-2-5-11-20/h3,6-9,12-15,17-18,20H,1-2,4-5,10-11H2,(H,28,29,30). The molecule has 2 aromatic carbocycles. The van der Waals surface area contributed by atoms with Gasteiger partial charge in [-0.1, -0.05) is 55.7 Å². The van der Waals surface area contributed by atoms with Gasteiger partial charge in [0, 0.05) is 28.1 Å². The number of fused-ring (bicyclic) bond motifs is 1. The van der Waals surface area contributed by atoms with Crippen molar-refractivity contribution in [3.8, 4) is 17.3 Å². The molecule has 1 aliphatic rings. The van der Waals surface area contributed by atoms with Crippen LogP contribution in [-0.4, -0.2) is 30.1 Å². The molecule has 1 aliphatic carbocycles. The van der Waals surface area contributed by atoms with Crippen LogP contribution in [0.5, 0.6) is 0 Å². The van der Waals surface area contributed by atoms with Crippen molar-refractivity contribution in [3.05, 3.63) is 72.6 Å². The van der Waals surface area contributed by atoms with E-state index >= 15 is 0 Å². The van der Waals surface area contributed by atoms with E-state index in [1.54, 1.807) is 16.4 Å². The predicted molar refractivity (Wildman–Crippen MR) is 134 cm³/mol. The van der Waals surface area contributed by atoms with Gasteiger partial charge < -0.3 is 5.32 Å². The summed E-state index contributed by atoms with van der Waals surface area (Å²) in [7, 11) is -2.83. The third-order valence-corrected chi connectivity index (χ3v) is 8.16. The molecular weight excluding hydrogens is 430 g/mol. The molecule has 33 heavy (non-hydrogen) atoms. The molecule has 1 N–H and O–H groups in total. The van der Waals surface area contributed by atoms with Gasteiger partial charge in [-0.25, -0.2) is 14.2 Å². The van der Waals surface area contributed by atoms with E-state index in [0.717, 1.165) is 29.3 Å². The van der Waals surface area contributed by atoms with E-state index in [1.807, 2.05) is 54.6 Å². The number of hydrogen-bond acceptors (Lipinski definition) is 5. The summed E-state index contributed by atoms with van der Waals surface area (Å²) in [4.78, 5) is 9.79. The van der Waals surface area contributed by atoms with Crippen LogP contribution in [0, 0.1) is 11.3 Å². The Morgan fingerprint density at radius 1 is 1.06 bits per heavy atom. The van der Waals surface area contributed by atoms with E-state index in [-0.39, 0.29) is 0 Å². The molecule has 1 unspecified atom stereocenters. The van der Waals surface area contributed by atoms with Crippen LogP contribution in [0.15, 0.2) is 71.9 Å². The highest BCUT2D eigenvalue weighted by atomic mass is 32.2. The van der Waals surface area contributed by atoms with Gasteiger partial charge in [0.2, 0.25) is 5.95 Å². The van der Waals surface area contributed by atoms with Crippen molar-refractivity contribution >= 4 is 32.4 Å². The van der Waals surface area contributed by atoms with Gasteiger partial charge in [-0.3, -0.25) is 3.97 Å². The first kappa shape index (κ1) is 21.2. The van der Waals surface area contributed by atoms with Gasteiger partial charge >= 0.3 is 0 Å². The summed E-state index contributed by atoms with van der Waals surface area (Å²) in [5.41, 5.74) is 2.43. The molecule has 0 aliphatic heterocycles. The first-order valence-corrected chi connectivity index (χ1v) is 12.8. The lowest BCUT2D eigenvalue weighted by Gasteiger charge is -2.22. The predicted octanol–water partition coefficient (Wildman–Crippen LogP) is 5.25. The van der Waals surface area contributed by atoms with Crippen molar-refractivity contribution in [1.29, 1.82) is 5.26 Å². The highest BCUT2D eigenvalue weighted by Gasteiger charge is 2.21. The summed E-state index contributed by atoms with van der Waals surface area (Å²) in [5, 5.41) is 14.1. The Morgan fingerprint density at radius 2 is 1.79 bits per heavy atom. The second kappa shape index (κ2) is 8.72. The zero-order chi connectivity index (χ0) is 22.8. The molecule has 2 heterocycles. The molecule has 0 radical (unpaired) electrons. The maximum Gasteiger partial charge on any atom is 0.223 e. The minimum absolute atomic E-state index is 0.345. The number of anilines is 1. The van der Waals surface area contributed by atoms with Crippen LogP contribution in [-0.2, 0) is 9.71 Å². The van der Waals surface area contributed by atoms with Crippen molar-refractivity contribution in [2.45, 2.75) is 43.0 Å². The van der Waals surface area contributed by atoms with E-state index in [0.29, 0.717) is 28.1 Å². The Kier molecular flexibility index (Phi) is 5.61. The number of para-hydroxylation sites is 1. The molecule has 166 valence electrons. The molecule has 7 heteroatoms. The van der Waals surface area contributed by atoms with Crippen LogP contribution in [0.2, 0.25) is 0 Å². The molecule has 1 saturated carbocycles. The van der Waals surface area contributed by atoms with Crippen LogP contribution >= 0.6 is 0 Å². The number of benzene rings is 2. The maximum atomic E-state index is 13.9. The van der Waals surface area contributed by atoms with Crippen molar-refractivity contribution in [2.75, 3.05) is 5.32 Å². The zero-order valence-electron chi connectivity index (χ0n) is 18.3. The molecular formula is C26H25N5OS. The molecule has 2 aromatic heterocycles. The van der Waals surface area contributed by atoms with Gasteiger partial charge in [0.15, 0.2) is 0 Å². The molecule has 4 aromatic rings. The number of nitrogens with one attached hydrogen (secondary N) is 1. The number of aromatic nitrogens is 3. The smallest absolute Gasteiger partial charge is 0.223 e. The zero-order valence-corrected chi connectivity index (χ0v) is 19.1. The SMILES string of the molecule is C=S(=O)(c1ccccc1)n1cc(-c2nc(NC3CCCCC3)ncc2C#N)c2ccccc21. The topological polar surface area (TPSA) is 83.6 Å². The lowest BCUT2D eigenvalue weighted by atomic mass is 9.96. The van der Waals surface area contributed by atoms with Gasteiger partial charge in [-0.05, 0) is 36.9 Å². The number of rotatable bonds is 5. The lowest BCUT2D eigenvalue weighted by molar-refractivity contribution is 0.461. The third kappa shape index (κ3) is 3.98. The highest BCUT2D eigenvalue weighted by molar-refractivity contribution is 7.99. The lowest BCUT2D eigenvalue weighted by Crippen LogP contribution is -2.23. The van der Waals surface area contributed by atoms with Crippen LogP contribution in [0.4, 0.5) is 5.95 Å². The van der Waals surface area contributed by atoms with Crippen molar-refractivity contribution < 1.29 is 4.21 Å². The summed E-state index contributed by atoms with van der Waals surface area (Å²) < 4.78 is 15.6. The summed E-state index contributed by atoms with van der Waals surface area (Å²) in [6, 6.07) is 19.5. The van der Waals surface area contributed by atoms with Crippen LogP contribution in [0.25, 0.3) is 22.2 Å². The average molecular weight is 456 g/mol. The minimum Gasteiger partial charge on any atom is -0.351 e.